The summed E-state index contributed by atoms with van der Waals surface area (Å²) in [6.07, 6.45) is 12.4. The van der Waals surface area contributed by atoms with Gasteiger partial charge >= 0.3 is 5.97 Å². The minimum atomic E-state index is -0.465. The number of allylic oxidation sites excluding steroid dienone is 3. The van der Waals surface area contributed by atoms with Crippen molar-refractivity contribution in [2.75, 3.05) is 6.61 Å². The molecule has 4 fully saturated rings. The highest BCUT2D eigenvalue weighted by Crippen LogP contribution is 2.75. The normalized spacial score (nSPS) is 47.1. The zero-order valence-corrected chi connectivity index (χ0v) is 24.6. The highest BCUT2D eigenvalue weighted by Gasteiger charge is 2.69. The van der Waals surface area contributed by atoms with Gasteiger partial charge in [0.15, 0.2) is 5.78 Å². The molecule has 37 heavy (non-hydrogen) atoms. The maximum absolute atomic E-state index is 13.6. The van der Waals surface area contributed by atoms with Crippen molar-refractivity contribution in [3.05, 3.63) is 23.5 Å². The van der Waals surface area contributed by atoms with E-state index in [4.69, 9.17) is 4.74 Å². The third-order valence-electron chi connectivity index (χ3n) is 13.1. The Balaban J connectivity index is 1.61. The molecule has 0 radical (unpaired) electrons. The molecule has 5 aliphatic carbocycles. The molecule has 206 valence electrons. The topological polar surface area (TPSA) is 63.6 Å². The molecule has 2 unspecified atom stereocenters. The number of aliphatic hydroxyl groups excluding tert-OH is 1. The van der Waals surface area contributed by atoms with Crippen LogP contribution in [0.3, 0.4) is 0 Å². The zero-order chi connectivity index (χ0) is 27.2. The van der Waals surface area contributed by atoms with Crippen LogP contribution in [0.15, 0.2) is 23.5 Å². The van der Waals surface area contributed by atoms with Gasteiger partial charge in [0.1, 0.15) is 0 Å². The minimum absolute atomic E-state index is 0.0205. The first-order valence-electron chi connectivity index (χ1n) is 14.9. The summed E-state index contributed by atoms with van der Waals surface area (Å²) in [6, 6.07) is 0. The fraction of sp³-hybridized carbons (Fsp3) is 0.818. The van der Waals surface area contributed by atoms with E-state index in [0.29, 0.717) is 30.4 Å². The molecule has 0 heterocycles. The van der Waals surface area contributed by atoms with E-state index in [1.54, 1.807) is 0 Å². The van der Waals surface area contributed by atoms with Gasteiger partial charge in [-0.15, -0.1) is 0 Å². The van der Waals surface area contributed by atoms with Crippen LogP contribution in [-0.4, -0.2) is 23.5 Å². The molecule has 7 atom stereocenters. The molecular weight excluding hydrogens is 460 g/mol. The van der Waals surface area contributed by atoms with E-state index in [1.165, 1.54) is 5.57 Å². The Morgan fingerprint density at radius 1 is 1.03 bits per heavy atom. The number of hydrogen-bond donors (Lipinski definition) is 1. The minimum Gasteiger partial charge on any atom is -0.515 e. The second kappa shape index (κ2) is 8.21. The van der Waals surface area contributed by atoms with Gasteiger partial charge in [-0.3, -0.25) is 9.59 Å². The number of carbonyl (C=O) groups is 2. The molecule has 0 aliphatic heterocycles. The lowest BCUT2D eigenvalue weighted by Gasteiger charge is -2.70. The summed E-state index contributed by atoms with van der Waals surface area (Å²) in [5.41, 5.74) is 1.56. The fourth-order valence-corrected chi connectivity index (χ4v) is 10.9. The average molecular weight is 511 g/mol. The molecule has 4 heteroatoms. The van der Waals surface area contributed by atoms with Gasteiger partial charge in [-0.2, -0.15) is 0 Å². The van der Waals surface area contributed by atoms with Crippen molar-refractivity contribution in [1.82, 2.24) is 0 Å². The van der Waals surface area contributed by atoms with Crippen molar-refractivity contribution in [3.63, 3.8) is 0 Å². The maximum atomic E-state index is 13.6. The summed E-state index contributed by atoms with van der Waals surface area (Å²) in [5.74, 6) is 1.15. The van der Waals surface area contributed by atoms with Gasteiger partial charge in [-0.25, -0.2) is 0 Å². The van der Waals surface area contributed by atoms with E-state index in [0.717, 1.165) is 57.6 Å². The Morgan fingerprint density at radius 3 is 2.35 bits per heavy atom. The lowest BCUT2D eigenvalue weighted by molar-refractivity contribution is -0.186. The molecule has 0 spiro atoms. The molecule has 0 aromatic rings. The Hall–Kier alpha value is -1.58. The molecule has 4 saturated carbocycles. The molecule has 0 amide bonds. The predicted octanol–water partition coefficient (Wildman–Crippen LogP) is 7.97. The Bertz CT molecular complexity index is 1060. The number of ether oxygens (including phenoxy) is 1. The number of carbonyl (C=O) groups excluding carboxylic acids is 2. The molecule has 0 saturated heterocycles. The van der Waals surface area contributed by atoms with Crippen molar-refractivity contribution in [2.45, 2.75) is 113 Å². The van der Waals surface area contributed by atoms with E-state index >= 15 is 0 Å². The van der Waals surface area contributed by atoms with Crippen LogP contribution < -0.4 is 0 Å². The van der Waals surface area contributed by atoms with Crippen LogP contribution in [0.5, 0.6) is 0 Å². The molecule has 0 aromatic carbocycles. The Kier molecular flexibility index (Phi) is 5.99. The molecule has 0 aromatic heterocycles. The van der Waals surface area contributed by atoms with Crippen LogP contribution in [0.2, 0.25) is 0 Å². The van der Waals surface area contributed by atoms with E-state index in [1.807, 2.05) is 6.92 Å². The van der Waals surface area contributed by atoms with Crippen LogP contribution in [0, 0.1) is 50.2 Å². The molecule has 4 nitrogen and oxygen atoms in total. The van der Waals surface area contributed by atoms with Gasteiger partial charge < -0.3 is 9.84 Å². The monoisotopic (exact) mass is 510 g/mol. The van der Waals surface area contributed by atoms with Crippen LogP contribution in [0.1, 0.15) is 113 Å². The van der Waals surface area contributed by atoms with Gasteiger partial charge in [0, 0.05) is 11.0 Å². The van der Waals surface area contributed by atoms with Gasteiger partial charge in [-0.05, 0) is 104 Å². The van der Waals surface area contributed by atoms with Gasteiger partial charge in [0.2, 0.25) is 0 Å². The number of rotatable bonds is 2. The Morgan fingerprint density at radius 2 is 1.70 bits per heavy atom. The number of fused-ring (bicyclic) bond motifs is 7. The third-order valence-corrected chi connectivity index (χ3v) is 13.1. The van der Waals surface area contributed by atoms with Crippen LogP contribution in [0.25, 0.3) is 0 Å². The van der Waals surface area contributed by atoms with E-state index in [-0.39, 0.29) is 44.7 Å². The SMILES string of the molecule is CCOC(=O)[C@]12CCC(C)(C)C[C@H]1C1=CCC3[C@@]4(C)C/C(=C/O)C(=O)C(C)(C)C4CC[C@@]3(C)[C@]1(C)CC2. The number of hydrogen-bond acceptors (Lipinski definition) is 4. The first-order chi connectivity index (χ1) is 17.1. The standard InChI is InChI=1S/C33H50O4/c1-9-37-27(36)33-16-14-28(2,3)19-23(33)22-10-11-25-30(6)18-21(20-34)26(35)29(4,5)24(30)12-13-32(25,8)31(22,7)15-17-33/h10,20,23-25,34H,9,11-19H2,1-8H3/b21-20-/t23-,24?,25?,30-,31+,32+,33-/m0/s1. The molecular formula is C33H50O4. The van der Waals surface area contributed by atoms with Crippen molar-refractivity contribution >= 4 is 11.8 Å². The van der Waals surface area contributed by atoms with E-state index in [2.05, 4.69) is 54.5 Å². The quantitative estimate of drug-likeness (QED) is 0.177. The summed E-state index contributed by atoms with van der Waals surface area (Å²) >= 11 is 0. The first kappa shape index (κ1) is 27.0. The lowest BCUT2D eigenvalue weighted by atomic mass is 9.33. The summed E-state index contributed by atoms with van der Waals surface area (Å²) in [6.45, 7) is 18.8. The highest BCUT2D eigenvalue weighted by atomic mass is 16.5. The number of aliphatic hydroxyl groups is 1. The lowest BCUT2D eigenvalue weighted by Crippen LogP contribution is -2.65. The van der Waals surface area contributed by atoms with Gasteiger partial charge in [0.05, 0.1) is 18.3 Å². The molecule has 5 aliphatic rings. The van der Waals surface area contributed by atoms with Crippen LogP contribution in [-0.2, 0) is 14.3 Å². The van der Waals surface area contributed by atoms with Crippen molar-refractivity contribution in [3.8, 4) is 0 Å². The largest absolute Gasteiger partial charge is 0.515 e. The maximum Gasteiger partial charge on any atom is 0.312 e. The molecule has 5 rings (SSSR count). The third kappa shape index (κ3) is 3.38. The summed E-state index contributed by atoms with van der Waals surface area (Å²) in [7, 11) is 0. The van der Waals surface area contributed by atoms with Gasteiger partial charge in [-0.1, -0.05) is 60.1 Å². The predicted molar refractivity (Wildman–Crippen MR) is 147 cm³/mol. The number of ketones is 1. The van der Waals surface area contributed by atoms with Crippen molar-refractivity contribution in [1.29, 1.82) is 0 Å². The summed E-state index contributed by atoms with van der Waals surface area (Å²) < 4.78 is 5.77. The second-order valence-corrected chi connectivity index (χ2v) is 15.5. The van der Waals surface area contributed by atoms with Crippen molar-refractivity contribution < 1.29 is 19.4 Å². The van der Waals surface area contributed by atoms with E-state index < -0.39 is 5.41 Å². The summed E-state index contributed by atoms with van der Waals surface area (Å²) in [4.78, 5) is 26.9. The highest BCUT2D eigenvalue weighted by molar-refractivity contribution is 6.00. The smallest absolute Gasteiger partial charge is 0.312 e. The molecule has 1 N–H and O–H groups in total. The second-order valence-electron chi connectivity index (χ2n) is 15.5. The first-order valence-corrected chi connectivity index (χ1v) is 14.9. The molecule has 0 bridgehead atoms. The van der Waals surface area contributed by atoms with Crippen LogP contribution in [0.4, 0.5) is 0 Å². The fourth-order valence-electron chi connectivity index (χ4n) is 10.9. The number of esters is 1. The average Bonchev–Trinajstić information content (AvgIpc) is 2.81. The number of Topliss-reactive ketones (excluding diaryl/α,β-unsaturated/α-hetero) is 1. The Labute approximate surface area is 224 Å². The summed E-state index contributed by atoms with van der Waals surface area (Å²) in [5, 5.41) is 10.1. The van der Waals surface area contributed by atoms with E-state index in [9.17, 15) is 14.7 Å². The van der Waals surface area contributed by atoms with Crippen LogP contribution >= 0.6 is 0 Å². The van der Waals surface area contributed by atoms with Crippen molar-refractivity contribution in [2.24, 2.45) is 50.2 Å². The zero-order valence-electron chi connectivity index (χ0n) is 24.6. The van der Waals surface area contributed by atoms with Gasteiger partial charge in [0.25, 0.3) is 0 Å².